The summed E-state index contributed by atoms with van der Waals surface area (Å²) in [7, 11) is 1.62. The Labute approximate surface area is 141 Å². The first-order valence-electron chi connectivity index (χ1n) is 7.96. The topological polar surface area (TPSA) is 59.9 Å². The molecule has 0 aromatic heterocycles. The molecule has 2 aromatic carbocycles. The Hall–Kier alpha value is -2.82. The number of amides is 1. The first-order valence-corrected chi connectivity index (χ1v) is 7.96. The van der Waals surface area contributed by atoms with E-state index in [1.807, 2.05) is 48.5 Å². The lowest BCUT2D eigenvalue weighted by molar-refractivity contribution is -0.125. The van der Waals surface area contributed by atoms with Crippen LogP contribution in [0.3, 0.4) is 0 Å². The fourth-order valence-corrected chi connectivity index (χ4v) is 2.52. The molecule has 0 fully saturated rings. The number of carbonyl (C=O) groups is 1. The van der Waals surface area contributed by atoms with Gasteiger partial charge in [-0.2, -0.15) is 0 Å². The zero-order chi connectivity index (χ0) is 16.9. The summed E-state index contributed by atoms with van der Waals surface area (Å²) in [5.74, 6) is 0.592. The summed E-state index contributed by atoms with van der Waals surface area (Å²) in [5, 5.41) is 6.92. The number of oxime groups is 1. The van der Waals surface area contributed by atoms with Crippen molar-refractivity contribution >= 4 is 17.3 Å². The van der Waals surface area contributed by atoms with Crippen LogP contribution in [0, 0.1) is 0 Å². The molecule has 5 nitrogen and oxygen atoms in total. The zero-order valence-electron chi connectivity index (χ0n) is 13.8. The fraction of sp³-hybridized carbons (Fsp3) is 0.263. The largest absolute Gasteiger partial charge is 0.497 e. The van der Waals surface area contributed by atoms with Gasteiger partial charge in [0.1, 0.15) is 5.75 Å². The van der Waals surface area contributed by atoms with E-state index < -0.39 is 6.10 Å². The van der Waals surface area contributed by atoms with Crippen LogP contribution in [0.1, 0.15) is 24.5 Å². The smallest absolute Gasteiger partial charge is 0.268 e. The number of ether oxygens (including phenoxy) is 1. The average Bonchev–Trinajstić information content (AvgIpc) is 3.13. The normalized spacial score (nSPS) is 16.2. The van der Waals surface area contributed by atoms with Gasteiger partial charge in [0.15, 0.2) is 0 Å². The third-order valence-electron chi connectivity index (χ3n) is 4.01. The highest BCUT2D eigenvalue weighted by molar-refractivity contribution is 6.06. The lowest BCUT2D eigenvalue weighted by Crippen LogP contribution is -2.28. The highest BCUT2D eigenvalue weighted by Gasteiger charge is 2.28. The lowest BCUT2D eigenvalue weighted by atomic mass is 10.0. The molecule has 1 N–H and O–H groups in total. The lowest BCUT2D eigenvalue weighted by Gasteiger charge is -2.10. The Morgan fingerprint density at radius 3 is 2.54 bits per heavy atom. The molecule has 1 aliphatic rings. The molecule has 24 heavy (non-hydrogen) atoms. The Kier molecular flexibility index (Phi) is 4.79. The first kappa shape index (κ1) is 16.1. The van der Waals surface area contributed by atoms with Crippen molar-refractivity contribution in [3.63, 3.8) is 0 Å². The van der Waals surface area contributed by atoms with E-state index in [9.17, 15) is 4.79 Å². The van der Waals surface area contributed by atoms with E-state index in [2.05, 4.69) is 17.4 Å². The van der Waals surface area contributed by atoms with Gasteiger partial charge in [-0.1, -0.05) is 24.2 Å². The number of hydrogen-bond donors (Lipinski definition) is 1. The predicted molar refractivity (Wildman–Crippen MR) is 93.5 cm³/mol. The summed E-state index contributed by atoms with van der Waals surface area (Å²) < 4.78 is 5.14. The van der Waals surface area contributed by atoms with Crippen LogP contribution in [-0.4, -0.2) is 24.8 Å². The minimum absolute atomic E-state index is 0.188. The molecule has 0 unspecified atom stereocenters. The highest BCUT2D eigenvalue weighted by atomic mass is 16.6. The van der Waals surface area contributed by atoms with Crippen molar-refractivity contribution in [3.8, 4) is 5.75 Å². The van der Waals surface area contributed by atoms with Gasteiger partial charge in [0, 0.05) is 12.1 Å². The second-order valence-electron chi connectivity index (χ2n) is 5.60. The molecule has 1 amide bonds. The number of methoxy groups -OCH3 is 1. The molecule has 1 heterocycles. The van der Waals surface area contributed by atoms with E-state index in [0.29, 0.717) is 6.42 Å². The van der Waals surface area contributed by atoms with Crippen LogP contribution >= 0.6 is 0 Å². The van der Waals surface area contributed by atoms with Crippen molar-refractivity contribution in [2.24, 2.45) is 5.16 Å². The van der Waals surface area contributed by atoms with Gasteiger partial charge in [-0.05, 0) is 53.9 Å². The molecule has 0 saturated heterocycles. The molecule has 0 aliphatic carbocycles. The maximum absolute atomic E-state index is 12.3. The first-order chi connectivity index (χ1) is 11.7. The van der Waals surface area contributed by atoms with Crippen molar-refractivity contribution < 1.29 is 14.4 Å². The van der Waals surface area contributed by atoms with Gasteiger partial charge in [0.2, 0.25) is 6.10 Å². The Balaban J connectivity index is 1.59. The van der Waals surface area contributed by atoms with Gasteiger partial charge in [0.05, 0.1) is 12.8 Å². The molecular weight excluding hydrogens is 304 g/mol. The highest BCUT2D eigenvalue weighted by Crippen LogP contribution is 2.20. The standard InChI is InChI=1S/C19H20N2O3/c1-3-13-4-8-15(9-5-13)20-19(22)18-12-17(21-24-18)14-6-10-16(23-2)11-7-14/h4-11,18H,3,12H2,1-2H3,(H,20,22)/t18-/m1/s1. The molecule has 124 valence electrons. The van der Waals surface area contributed by atoms with Gasteiger partial charge >= 0.3 is 0 Å². The Morgan fingerprint density at radius 1 is 1.21 bits per heavy atom. The van der Waals surface area contributed by atoms with Gasteiger partial charge in [-0.3, -0.25) is 4.79 Å². The van der Waals surface area contributed by atoms with Crippen molar-refractivity contribution in [1.29, 1.82) is 0 Å². The zero-order valence-corrected chi connectivity index (χ0v) is 13.8. The number of nitrogens with one attached hydrogen (secondary N) is 1. The molecular formula is C19H20N2O3. The second-order valence-corrected chi connectivity index (χ2v) is 5.60. The van der Waals surface area contributed by atoms with Crippen LogP contribution in [0.25, 0.3) is 0 Å². The van der Waals surface area contributed by atoms with Crippen LogP contribution < -0.4 is 10.1 Å². The molecule has 3 rings (SSSR count). The van der Waals surface area contributed by atoms with Crippen LogP contribution in [-0.2, 0) is 16.1 Å². The van der Waals surface area contributed by atoms with Crippen LogP contribution in [0.5, 0.6) is 5.75 Å². The quantitative estimate of drug-likeness (QED) is 0.917. The third-order valence-corrected chi connectivity index (χ3v) is 4.01. The van der Waals surface area contributed by atoms with E-state index in [4.69, 9.17) is 9.57 Å². The van der Waals surface area contributed by atoms with Crippen molar-refractivity contribution in [2.45, 2.75) is 25.9 Å². The molecule has 0 spiro atoms. The predicted octanol–water partition coefficient (Wildman–Crippen LogP) is 3.39. The van der Waals surface area contributed by atoms with Gasteiger partial charge in [-0.15, -0.1) is 0 Å². The Morgan fingerprint density at radius 2 is 1.92 bits per heavy atom. The molecule has 1 aliphatic heterocycles. The average molecular weight is 324 g/mol. The van der Waals surface area contributed by atoms with E-state index in [0.717, 1.165) is 29.1 Å². The van der Waals surface area contributed by atoms with Crippen molar-refractivity contribution in [1.82, 2.24) is 0 Å². The number of aryl methyl sites for hydroxylation is 1. The van der Waals surface area contributed by atoms with Crippen molar-refractivity contribution in [2.75, 3.05) is 12.4 Å². The van der Waals surface area contributed by atoms with Crippen LogP contribution in [0.15, 0.2) is 53.7 Å². The fourth-order valence-electron chi connectivity index (χ4n) is 2.52. The van der Waals surface area contributed by atoms with Gasteiger partial charge in [0.25, 0.3) is 5.91 Å². The van der Waals surface area contributed by atoms with Gasteiger partial charge < -0.3 is 14.9 Å². The minimum Gasteiger partial charge on any atom is -0.497 e. The number of anilines is 1. The van der Waals surface area contributed by atoms with E-state index in [1.165, 1.54) is 5.56 Å². The number of nitrogens with zero attached hydrogens (tertiary/aromatic N) is 1. The van der Waals surface area contributed by atoms with Gasteiger partial charge in [-0.25, -0.2) is 0 Å². The number of hydrogen-bond acceptors (Lipinski definition) is 4. The number of carbonyl (C=O) groups excluding carboxylic acids is 1. The van der Waals surface area contributed by atoms with Crippen LogP contribution in [0.4, 0.5) is 5.69 Å². The van der Waals surface area contributed by atoms with E-state index >= 15 is 0 Å². The molecule has 2 aromatic rings. The summed E-state index contributed by atoms with van der Waals surface area (Å²) >= 11 is 0. The minimum atomic E-state index is -0.604. The summed E-state index contributed by atoms with van der Waals surface area (Å²) in [4.78, 5) is 17.6. The molecule has 1 atom stereocenters. The molecule has 0 bridgehead atoms. The maximum atomic E-state index is 12.3. The summed E-state index contributed by atoms with van der Waals surface area (Å²) in [5.41, 5.74) is 3.69. The summed E-state index contributed by atoms with van der Waals surface area (Å²) in [6.07, 6.45) is 0.817. The summed E-state index contributed by atoms with van der Waals surface area (Å²) in [6.45, 7) is 2.10. The second kappa shape index (κ2) is 7.17. The van der Waals surface area contributed by atoms with E-state index in [-0.39, 0.29) is 5.91 Å². The maximum Gasteiger partial charge on any atom is 0.268 e. The Bertz CT molecular complexity index is 736. The molecule has 0 saturated carbocycles. The van der Waals surface area contributed by atoms with Crippen LogP contribution in [0.2, 0.25) is 0 Å². The molecule has 5 heteroatoms. The summed E-state index contributed by atoms with van der Waals surface area (Å²) in [6, 6.07) is 15.3. The number of rotatable bonds is 5. The van der Waals surface area contributed by atoms with E-state index in [1.54, 1.807) is 7.11 Å². The molecule has 0 radical (unpaired) electrons. The SMILES string of the molecule is CCc1ccc(NC(=O)[C@H]2CC(c3ccc(OC)cc3)=NO2)cc1. The van der Waals surface area contributed by atoms with Crippen molar-refractivity contribution in [3.05, 3.63) is 59.7 Å². The monoisotopic (exact) mass is 324 g/mol. The third kappa shape index (κ3) is 3.56. The number of benzene rings is 2.